The number of carbonyl (C=O) groups excluding carboxylic acids is 2. The van der Waals surface area contributed by atoms with Crippen molar-refractivity contribution in [1.29, 1.82) is 0 Å². The molecule has 5 nitrogen and oxygen atoms in total. The van der Waals surface area contributed by atoms with Gasteiger partial charge in [-0.3, -0.25) is 9.59 Å². The minimum atomic E-state index is -0.297. The fourth-order valence-electron chi connectivity index (χ4n) is 4.08. The lowest BCUT2D eigenvalue weighted by Crippen LogP contribution is -2.21. The highest BCUT2D eigenvalue weighted by Crippen LogP contribution is 2.49. The molecule has 2 aliphatic heterocycles. The predicted molar refractivity (Wildman–Crippen MR) is 123 cm³/mol. The van der Waals surface area contributed by atoms with Crippen LogP contribution in [0.4, 0.5) is 0 Å². The Balaban J connectivity index is 1.56. The first-order valence-corrected chi connectivity index (χ1v) is 11.4. The monoisotopic (exact) mass is 444 g/mol. The van der Waals surface area contributed by atoms with Gasteiger partial charge in [0.25, 0.3) is 0 Å². The molecule has 0 radical (unpaired) electrons. The molecule has 160 valence electrons. The molecule has 0 aliphatic carbocycles. The van der Waals surface area contributed by atoms with Crippen LogP contribution in [0.2, 0.25) is 0 Å². The number of esters is 1. The van der Waals surface area contributed by atoms with E-state index in [1.54, 1.807) is 37.1 Å². The number of ether oxygens (including phenoxy) is 3. The highest BCUT2D eigenvalue weighted by atomic mass is 32.2. The van der Waals surface area contributed by atoms with E-state index >= 15 is 0 Å². The standard InChI is InChI=1S/C26H20O5S/c1-29-17-7-3-15(4-8-17)13-22-25(28)19-11-12-21-24(26(19)31-22)20(14-23(27)30-21)16-5-9-18(32-2)10-6-16/h3-13,20H,14H2,1-2H3/b22-13-/t20-/m0/s1. The van der Waals surface area contributed by atoms with Crippen molar-refractivity contribution in [2.45, 2.75) is 17.2 Å². The fraction of sp³-hybridized carbons (Fsp3) is 0.154. The van der Waals surface area contributed by atoms with E-state index in [-0.39, 0.29) is 29.9 Å². The molecular weight excluding hydrogens is 424 g/mol. The molecule has 5 rings (SSSR count). The van der Waals surface area contributed by atoms with Crippen LogP contribution in [0, 0.1) is 0 Å². The number of benzene rings is 3. The van der Waals surface area contributed by atoms with Crippen LogP contribution < -0.4 is 14.2 Å². The third-order valence-corrected chi connectivity index (χ3v) is 6.45. The number of ketones is 1. The molecule has 0 unspecified atom stereocenters. The Bertz CT molecular complexity index is 1240. The average molecular weight is 445 g/mol. The summed E-state index contributed by atoms with van der Waals surface area (Å²) >= 11 is 1.66. The second-order valence-electron chi connectivity index (χ2n) is 7.57. The van der Waals surface area contributed by atoms with Crippen molar-refractivity contribution in [2.75, 3.05) is 13.4 Å². The molecule has 0 aromatic heterocycles. The Morgan fingerprint density at radius 1 is 0.969 bits per heavy atom. The second kappa shape index (κ2) is 8.20. The Labute approximate surface area is 190 Å². The number of fused-ring (bicyclic) bond motifs is 3. The summed E-state index contributed by atoms with van der Waals surface area (Å²) in [5.74, 6) is 1.16. The zero-order valence-corrected chi connectivity index (χ0v) is 18.4. The highest BCUT2D eigenvalue weighted by molar-refractivity contribution is 7.98. The van der Waals surface area contributed by atoms with Gasteiger partial charge in [-0.05, 0) is 59.9 Å². The number of methoxy groups -OCH3 is 1. The first-order valence-electron chi connectivity index (χ1n) is 10.2. The van der Waals surface area contributed by atoms with Crippen molar-refractivity contribution in [1.82, 2.24) is 0 Å². The van der Waals surface area contributed by atoms with E-state index in [1.807, 2.05) is 54.8 Å². The Kier molecular flexibility index (Phi) is 5.23. The second-order valence-corrected chi connectivity index (χ2v) is 8.45. The molecule has 2 aliphatic rings. The first-order chi connectivity index (χ1) is 15.6. The maximum atomic E-state index is 13.1. The van der Waals surface area contributed by atoms with Crippen LogP contribution in [0.1, 0.15) is 39.4 Å². The van der Waals surface area contributed by atoms with Gasteiger partial charge in [-0.15, -0.1) is 11.8 Å². The number of hydrogen-bond donors (Lipinski definition) is 0. The van der Waals surface area contributed by atoms with Crippen LogP contribution >= 0.6 is 11.8 Å². The molecule has 32 heavy (non-hydrogen) atoms. The van der Waals surface area contributed by atoms with Gasteiger partial charge < -0.3 is 14.2 Å². The summed E-state index contributed by atoms with van der Waals surface area (Å²) < 4.78 is 16.8. The fourth-order valence-corrected chi connectivity index (χ4v) is 4.49. The number of Topliss-reactive ketones (excluding diaryl/α,β-unsaturated/α-hetero) is 1. The van der Waals surface area contributed by atoms with Crippen LogP contribution in [0.25, 0.3) is 6.08 Å². The molecule has 1 atom stereocenters. The maximum Gasteiger partial charge on any atom is 0.312 e. The quantitative estimate of drug-likeness (QED) is 0.230. The van der Waals surface area contributed by atoms with Gasteiger partial charge in [0.1, 0.15) is 17.2 Å². The number of rotatable bonds is 4. The molecule has 3 aromatic rings. The summed E-state index contributed by atoms with van der Waals surface area (Å²) in [6.07, 6.45) is 3.92. The largest absolute Gasteiger partial charge is 0.497 e. The molecule has 0 amide bonds. The van der Waals surface area contributed by atoms with Gasteiger partial charge in [-0.2, -0.15) is 0 Å². The summed E-state index contributed by atoms with van der Waals surface area (Å²) in [5, 5.41) is 0. The first kappa shape index (κ1) is 20.4. The molecule has 6 heteroatoms. The van der Waals surface area contributed by atoms with Crippen LogP contribution in [0.15, 0.2) is 71.3 Å². The minimum Gasteiger partial charge on any atom is -0.497 e. The van der Waals surface area contributed by atoms with Crippen molar-refractivity contribution in [3.63, 3.8) is 0 Å². The summed E-state index contributed by atoms with van der Waals surface area (Å²) in [6.45, 7) is 0. The van der Waals surface area contributed by atoms with Crippen molar-refractivity contribution in [3.05, 3.63) is 88.7 Å². The van der Waals surface area contributed by atoms with Crippen molar-refractivity contribution in [2.24, 2.45) is 0 Å². The van der Waals surface area contributed by atoms with Gasteiger partial charge in [0.15, 0.2) is 5.76 Å². The molecule has 0 spiro atoms. The molecule has 0 N–H and O–H groups in total. The molecule has 0 fully saturated rings. The van der Waals surface area contributed by atoms with E-state index in [0.717, 1.165) is 27.3 Å². The van der Waals surface area contributed by atoms with Crippen molar-refractivity contribution >= 4 is 29.6 Å². The summed E-state index contributed by atoms with van der Waals surface area (Å²) in [6, 6.07) is 18.8. The zero-order chi connectivity index (χ0) is 22.2. The Morgan fingerprint density at radius 2 is 1.72 bits per heavy atom. The van der Waals surface area contributed by atoms with Gasteiger partial charge >= 0.3 is 5.97 Å². The summed E-state index contributed by atoms with van der Waals surface area (Å²) in [5.41, 5.74) is 3.03. The van der Waals surface area contributed by atoms with Gasteiger partial charge in [0.05, 0.1) is 19.1 Å². The van der Waals surface area contributed by atoms with E-state index in [2.05, 4.69) is 0 Å². The average Bonchev–Trinajstić information content (AvgIpc) is 3.14. The predicted octanol–water partition coefficient (Wildman–Crippen LogP) is 5.47. The van der Waals surface area contributed by atoms with Crippen molar-refractivity contribution < 1.29 is 23.8 Å². The van der Waals surface area contributed by atoms with E-state index < -0.39 is 0 Å². The zero-order valence-electron chi connectivity index (χ0n) is 17.6. The number of hydrogen-bond acceptors (Lipinski definition) is 6. The molecule has 0 saturated heterocycles. The number of carbonyl (C=O) groups is 2. The van der Waals surface area contributed by atoms with E-state index in [1.165, 1.54) is 0 Å². The third-order valence-electron chi connectivity index (χ3n) is 5.71. The van der Waals surface area contributed by atoms with Gasteiger partial charge in [0.2, 0.25) is 5.78 Å². The van der Waals surface area contributed by atoms with Gasteiger partial charge in [0, 0.05) is 16.4 Å². The maximum absolute atomic E-state index is 13.1. The van der Waals surface area contributed by atoms with Crippen LogP contribution in [0.5, 0.6) is 17.2 Å². The Morgan fingerprint density at radius 3 is 2.41 bits per heavy atom. The number of allylic oxidation sites excluding steroid dienone is 1. The van der Waals surface area contributed by atoms with E-state index in [9.17, 15) is 9.59 Å². The van der Waals surface area contributed by atoms with Gasteiger partial charge in [-0.25, -0.2) is 0 Å². The minimum absolute atomic E-state index is 0.188. The van der Waals surface area contributed by atoms with Crippen LogP contribution in [-0.4, -0.2) is 25.1 Å². The third kappa shape index (κ3) is 3.56. The highest BCUT2D eigenvalue weighted by Gasteiger charge is 2.38. The molecular formula is C26H20O5S. The lowest BCUT2D eigenvalue weighted by atomic mass is 9.85. The lowest BCUT2D eigenvalue weighted by Gasteiger charge is -2.26. The Hall–Kier alpha value is -3.51. The summed E-state index contributed by atoms with van der Waals surface area (Å²) in [7, 11) is 1.61. The molecule has 3 aromatic carbocycles. The van der Waals surface area contributed by atoms with Crippen LogP contribution in [-0.2, 0) is 4.79 Å². The number of thioether (sulfide) groups is 1. The van der Waals surface area contributed by atoms with Crippen LogP contribution in [0.3, 0.4) is 0 Å². The molecule has 0 saturated carbocycles. The normalized spacial score (nSPS) is 18.1. The molecule has 0 bridgehead atoms. The lowest BCUT2D eigenvalue weighted by molar-refractivity contribution is -0.135. The topological polar surface area (TPSA) is 61.8 Å². The smallest absolute Gasteiger partial charge is 0.312 e. The SMILES string of the molecule is COc1ccc(/C=C2\Oc3c(ccc4c3[C@H](c3ccc(SC)cc3)CC(=O)O4)C2=O)cc1. The van der Waals surface area contributed by atoms with E-state index in [4.69, 9.17) is 14.2 Å². The summed E-state index contributed by atoms with van der Waals surface area (Å²) in [4.78, 5) is 26.5. The van der Waals surface area contributed by atoms with E-state index in [0.29, 0.717) is 17.1 Å². The molecule has 2 heterocycles. The van der Waals surface area contributed by atoms with Crippen molar-refractivity contribution in [3.8, 4) is 17.2 Å². The van der Waals surface area contributed by atoms with Gasteiger partial charge in [-0.1, -0.05) is 24.3 Å².